The van der Waals surface area contributed by atoms with Crippen LogP contribution in [0.5, 0.6) is 0 Å². The number of nitrogens with zero attached hydrogens (tertiary/aromatic N) is 1. The number of unbranched alkanes of at least 4 members (excludes halogenated alkanes) is 1. The van der Waals surface area contributed by atoms with Gasteiger partial charge in [0.25, 0.3) is 0 Å². The van der Waals surface area contributed by atoms with Crippen molar-refractivity contribution in [3.05, 3.63) is 25.3 Å². The van der Waals surface area contributed by atoms with E-state index in [2.05, 4.69) is 13.2 Å². The number of hydrogen-bond acceptors (Lipinski definition) is 5. The molecule has 24 heavy (non-hydrogen) atoms. The number of nitrogens with two attached hydrogens (primary N) is 1. The third kappa shape index (κ3) is 6.58. The van der Waals surface area contributed by atoms with E-state index in [0.29, 0.717) is 17.7 Å². The molecule has 0 saturated carbocycles. The van der Waals surface area contributed by atoms with Crippen molar-refractivity contribution >= 4 is 21.2 Å². The normalized spacial score (nSPS) is 16.4. The van der Waals surface area contributed by atoms with Gasteiger partial charge < -0.3 is 30.4 Å². The van der Waals surface area contributed by atoms with Crippen molar-refractivity contribution in [3.8, 4) is 0 Å². The molecule has 0 aromatic heterocycles. The maximum absolute atomic E-state index is 11.7. The summed E-state index contributed by atoms with van der Waals surface area (Å²) in [7, 11) is -9.94. The molecule has 0 radical (unpaired) electrons. The molecule has 140 valence electrons. The molecule has 0 heterocycles. The third-order valence-corrected chi connectivity index (χ3v) is 5.63. The van der Waals surface area contributed by atoms with E-state index in [0.717, 1.165) is 12.2 Å². The fourth-order valence-electron chi connectivity index (χ4n) is 2.27. The summed E-state index contributed by atoms with van der Waals surface area (Å²) >= 11 is 0. The minimum absolute atomic E-state index is 0.110. The minimum atomic E-state index is -4.97. The number of carboxylic acids is 1. The smallest absolute Gasteiger partial charge is 0.346 e. The van der Waals surface area contributed by atoms with Gasteiger partial charge in [-0.3, -0.25) is 18.8 Å². The highest BCUT2D eigenvalue weighted by Gasteiger charge is 2.47. The van der Waals surface area contributed by atoms with E-state index < -0.39 is 38.8 Å². The van der Waals surface area contributed by atoms with Crippen LogP contribution in [-0.2, 0) is 13.9 Å². The Kier molecular flexibility index (Phi) is 9.27. The van der Waals surface area contributed by atoms with Gasteiger partial charge in [-0.15, -0.1) is 13.2 Å². The fourth-order valence-corrected chi connectivity index (χ4v) is 4.23. The van der Waals surface area contributed by atoms with Crippen LogP contribution in [0.1, 0.15) is 19.3 Å². The van der Waals surface area contributed by atoms with E-state index in [1.165, 1.54) is 0 Å². The van der Waals surface area contributed by atoms with Crippen LogP contribution in [0.4, 0.5) is 0 Å². The average Bonchev–Trinajstić information content (AvgIpc) is 2.40. The molecule has 7 N–H and O–H groups in total. The van der Waals surface area contributed by atoms with Gasteiger partial charge in [-0.05, 0) is 19.4 Å². The summed E-state index contributed by atoms with van der Waals surface area (Å²) in [5.41, 5.74) is 5.34. The summed E-state index contributed by atoms with van der Waals surface area (Å²) in [5.74, 6) is -5.27. The lowest BCUT2D eigenvalue weighted by Gasteiger charge is -2.39. The Morgan fingerprint density at radius 3 is 1.71 bits per heavy atom. The van der Waals surface area contributed by atoms with E-state index in [4.69, 9.17) is 5.73 Å². The lowest BCUT2D eigenvalue weighted by atomic mass is 10.1. The Morgan fingerprint density at radius 1 is 1.04 bits per heavy atom. The molecule has 0 aromatic carbocycles. The van der Waals surface area contributed by atoms with Crippen molar-refractivity contribution in [2.24, 2.45) is 5.73 Å². The number of aliphatic carboxylic acids is 1. The molecule has 3 unspecified atom stereocenters. The Bertz CT molecular complexity index is 509. The second kappa shape index (κ2) is 9.60. The SMILES string of the molecule is C=CC(N(C(CCCCN)C(=O)O)C(C=C)P(=O)(O)O)P(=O)(O)O. The molecular weight excluding hydrogens is 362 g/mol. The van der Waals surface area contributed by atoms with Crippen LogP contribution in [0, 0.1) is 0 Å². The van der Waals surface area contributed by atoms with E-state index in [1.807, 2.05) is 0 Å². The quantitative estimate of drug-likeness (QED) is 0.154. The van der Waals surface area contributed by atoms with Gasteiger partial charge in [0.05, 0.1) is 0 Å². The third-order valence-electron chi connectivity index (χ3n) is 3.30. The van der Waals surface area contributed by atoms with Gasteiger partial charge in [0, 0.05) is 0 Å². The maximum Gasteiger partial charge on any atom is 0.346 e. The molecule has 0 bridgehead atoms. The first kappa shape index (κ1) is 23.2. The fraction of sp³-hybridized carbons (Fsp3) is 0.583. The molecule has 0 saturated heterocycles. The largest absolute Gasteiger partial charge is 0.480 e. The van der Waals surface area contributed by atoms with Gasteiger partial charge in [0.1, 0.15) is 17.6 Å². The molecule has 0 aromatic rings. The highest BCUT2D eigenvalue weighted by molar-refractivity contribution is 7.53. The van der Waals surface area contributed by atoms with Gasteiger partial charge in [0.15, 0.2) is 0 Å². The first-order chi connectivity index (χ1) is 10.9. The van der Waals surface area contributed by atoms with Gasteiger partial charge >= 0.3 is 21.2 Å². The second-order valence-corrected chi connectivity index (χ2v) is 8.48. The number of carboxylic acid groups (broad SMARTS) is 1. The van der Waals surface area contributed by atoms with Crippen LogP contribution in [-0.4, -0.2) is 59.7 Å². The Hall–Kier alpha value is -0.830. The average molecular weight is 386 g/mol. The highest BCUT2D eigenvalue weighted by Crippen LogP contribution is 2.52. The van der Waals surface area contributed by atoms with E-state index in [-0.39, 0.29) is 13.0 Å². The first-order valence-electron chi connectivity index (χ1n) is 6.97. The molecule has 12 heteroatoms. The molecule has 0 aliphatic heterocycles. The van der Waals surface area contributed by atoms with Crippen LogP contribution in [0.3, 0.4) is 0 Å². The number of rotatable bonds is 12. The molecule has 0 aliphatic rings. The summed E-state index contributed by atoms with van der Waals surface area (Å²) in [6.07, 6.45) is 2.17. The van der Waals surface area contributed by atoms with Crippen LogP contribution >= 0.6 is 15.2 Å². The monoisotopic (exact) mass is 386 g/mol. The lowest BCUT2D eigenvalue weighted by Crippen LogP contribution is -2.51. The predicted octanol–water partition coefficient (Wildman–Crippen LogP) is 0.250. The zero-order valence-corrected chi connectivity index (χ0v) is 14.8. The lowest BCUT2D eigenvalue weighted by molar-refractivity contribution is -0.144. The summed E-state index contributed by atoms with van der Waals surface area (Å²) in [5, 5.41) is 9.42. The van der Waals surface area contributed by atoms with Crippen LogP contribution in [0.2, 0.25) is 0 Å². The first-order valence-corrected chi connectivity index (χ1v) is 10.3. The molecular formula is C12H24N2O8P2. The second-order valence-electron chi connectivity index (χ2n) is 5.06. The van der Waals surface area contributed by atoms with Gasteiger partial charge in [-0.1, -0.05) is 18.6 Å². The van der Waals surface area contributed by atoms with Crippen LogP contribution in [0.15, 0.2) is 25.3 Å². The van der Waals surface area contributed by atoms with Crippen molar-refractivity contribution < 1.29 is 38.6 Å². The Balaban J connectivity index is 6.11. The minimum Gasteiger partial charge on any atom is -0.480 e. The zero-order valence-electron chi connectivity index (χ0n) is 13.0. The number of carbonyl (C=O) groups is 1. The van der Waals surface area contributed by atoms with Crippen molar-refractivity contribution in [1.29, 1.82) is 0 Å². The molecule has 0 aliphatic carbocycles. The zero-order chi connectivity index (χ0) is 19.1. The van der Waals surface area contributed by atoms with Crippen molar-refractivity contribution in [2.45, 2.75) is 36.9 Å². The Morgan fingerprint density at radius 2 is 1.46 bits per heavy atom. The molecule has 0 fully saturated rings. The summed E-state index contributed by atoms with van der Waals surface area (Å²) < 4.78 is 23.4. The highest BCUT2D eigenvalue weighted by atomic mass is 31.2. The van der Waals surface area contributed by atoms with Crippen LogP contribution in [0.25, 0.3) is 0 Å². The van der Waals surface area contributed by atoms with Gasteiger partial charge in [-0.25, -0.2) is 0 Å². The summed E-state index contributed by atoms with van der Waals surface area (Å²) in [6, 6.07) is -1.57. The Labute approximate surface area is 140 Å². The topological polar surface area (TPSA) is 182 Å². The van der Waals surface area contributed by atoms with Gasteiger partial charge in [0.2, 0.25) is 0 Å². The standard InChI is InChI=1S/C12H24N2O8P2/c1-3-10(23(17,18)19)14(11(4-2)24(20,21)22)9(12(15)16)7-5-6-8-13/h3-4,9-11H,1-2,5-8,13H2,(H,15,16)(H2,17,18,19)(H2,20,21,22). The molecule has 0 spiro atoms. The molecule has 0 rings (SSSR count). The molecule has 3 atom stereocenters. The summed E-state index contributed by atoms with van der Waals surface area (Å²) in [6.45, 7) is 6.78. The van der Waals surface area contributed by atoms with E-state index in [1.54, 1.807) is 0 Å². The van der Waals surface area contributed by atoms with Crippen LogP contribution < -0.4 is 5.73 Å². The number of hydrogen-bond donors (Lipinski definition) is 6. The van der Waals surface area contributed by atoms with E-state index in [9.17, 15) is 38.6 Å². The van der Waals surface area contributed by atoms with Crippen molar-refractivity contribution in [3.63, 3.8) is 0 Å². The maximum atomic E-state index is 11.7. The van der Waals surface area contributed by atoms with E-state index >= 15 is 0 Å². The molecule has 0 amide bonds. The predicted molar refractivity (Wildman–Crippen MR) is 88.2 cm³/mol. The molecule has 10 nitrogen and oxygen atoms in total. The summed E-state index contributed by atoms with van der Waals surface area (Å²) in [4.78, 5) is 50.0. The van der Waals surface area contributed by atoms with Crippen molar-refractivity contribution in [2.75, 3.05) is 6.54 Å². The van der Waals surface area contributed by atoms with Gasteiger partial charge in [-0.2, -0.15) is 0 Å². The van der Waals surface area contributed by atoms with Crippen molar-refractivity contribution in [1.82, 2.24) is 4.90 Å².